The molecule has 0 aromatic carbocycles. The average molecular weight is 160 g/mol. The molecular formula is C5H8N2O4. The highest BCUT2D eigenvalue weighted by Gasteiger charge is 1.95. The average Bonchev–Trinajstić information content (AvgIpc) is 1.84. The highest BCUT2D eigenvalue weighted by Crippen LogP contribution is 1.77. The molecule has 0 bridgehead atoms. The largest absolute Gasteiger partial charge is 0.424 e. The molecule has 6 nitrogen and oxygen atoms in total. The lowest BCUT2D eigenvalue weighted by atomic mass is 10.4. The molecule has 0 aliphatic heterocycles. The van der Waals surface area contributed by atoms with Crippen molar-refractivity contribution in [3.8, 4) is 0 Å². The number of aromatic amines is 1. The Balaban J connectivity index is 0.000001000. The van der Waals surface area contributed by atoms with Crippen molar-refractivity contribution in [2.24, 2.45) is 0 Å². The number of nitrogens with zero attached hydrogens (tertiary/aromatic N) is 1. The van der Waals surface area contributed by atoms with Crippen LogP contribution in [0.1, 0.15) is 5.56 Å². The zero-order valence-electron chi connectivity index (χ0n) is 5.79. The molecule has 0 unspecified atom stereocenters. The van der Waals surface area contributed by atoms with E-state index in [1.54, 1.807) is 0 Å². The summed E-state index contributed by atoms with van der Waals surface area (Å²) in [4.78, 5) is 23.0. The molecule has 0 spiro atoms. The first-order valence-corrected chi connectivity index (χ1v) is 2.63. The Morgan fingerprint density at radius 3 is 2.55 bits per heavy atom. The van der Waals surface area contributed by atoms with Gasteiger partial charge in [0.2, 0.25) is 0 Å². The standard InChI is InChI=1S/C5H6N2O3.H2O/c1-3-2-7(10)5(9)6-4(3)8;/h2,10H,1H3,(H,6,8,9);1H2. The van der Waals surface area contributed by atoms with Crippen molar-refractivity contribution in [3.05, 3.63) is 32.6 Å². The van der Waals surface area contributed by atoms with Crippen LogP contribution in [0.4, 0.5) is 0 Å². The maximum Gasteiger partial charge on any atom is 0.361 e. The number of aryl methyl sites for hydroxylation is 1. The highest BCUT2D eigenvalue weighted by atomic mass is 16.5. The van der Waals surface area contributed by atoms with Crippen LogP contribution in [0.25, 0.3) is 0 Å². The van der Waals surface area contributed by atoms with Gasteiger partial charge in [0.1, 0.15) is 0 Å². The normalized spacial score (nSPS) is 8.82. The van der Waals surface area contributed by atoms with Gasteiger partial charge in [-0.3, -0.25) is 9.78 Å². The van der Waals surface area contributed by atoms with E-state index >= 15 is 0 Å². The monoisotopic (exact) mass is 160 g/mol. The molecule has 0 atom stereocenters. The van der Waals surface area contributed by atoms with Crippen molar-refractivity contribution in [1.29, 1.82) is 0 Å². The van der Waals surface area contributed by atoms with Crippen molar-refractivity contribution < 1.29 is 10.7 Å². The predicted molar refractivity (Wildman–Crippen MR) is 36.9 cm³/mol. The van der Waals surface area contributed by atoms with E-state index in [2.05, 4.69) is 0 Å². The zero-order chi connectivity index (χ0) is 7.72. The third kappa shape index (κ3) is 1.68. The Bertz CT molecular complexity index is 319. The van der Waals surface area contributed by atoms with Gasteiger partial charge in [-0.05, 0) is 6.92 Å². The lowest BCUT2D eigenvalue weighted by molar-refractivity contribution is 0.169. The Morgan fingerprint density at radius 1 is 1.55 bits per heavy atom. The molecular weight excluding hydrogens is 152 g/mol. The topological polar surface area (TPSA) is 107 Å². The predicted octanol–water partition coefficient (Wildman–Crippen LogP) is -1.74. The molecule has 4 N–H and O–H groups in total. The SMILES string of the molecule is Cc1cn(O)c(=O)[nH]c1=O.O. The molecule has 1 rings (SSSR count). The van der Waals surface area contributed by atoms with Crippen molar-refractivity contribution in [3.63, 3.8) is 0 Å². The fourth-order valence-corrected chi connectivity index (χ4v) is 0.554. The number of hydrogen-bond acceptors (Lipinski definition) is 3. The molecule has 0 saturated carbocycles. The van der Waals surface area contributed by atoms with Crippen molar-refractivity contribution in [2.75, 3.05) is 0 Å². The molecule has 0 amide bonds. The molecule has 6 heteroatoms. The van der Waals surface area contributed by atoms with Gasteiger partial charge < -0.3 is 10.7 Å². The van der Waals surface area contributed by atoms with Gasteiger partial charge in [-0.2, -0.15) is 0 Å². The Kier molecular flexibility index (Phi) is 2.59. The summed E-state index contributed by atoms with van der Waals surface area (Å²) in [6, 6.07) is 0. The first-order valence-electron chi connectivity index (χ1n) is 2.63. The molecule has 1 aromatic rings. The van der Waals surface area contributed by atoms with Crippen molar-refractivity contribution >= 4 is 0 Å². The molecule has 1 aromatic heterocycles. The second-order valence-corrected chi connectivity index (χ2v) is 1.92. The first-order chi connectivity index (χ1) is 4.61. The molecule has 0 saturated heterocycles. The fraction of sp³-hybridized carbons (Fsp3) is 0.200. The summed E-state index contributed by atoms with van der Waals surface area (Å²) in [5, 5.41) is 8.66. The van der Waals surface area contributed by atoms with Gasteiger partial charge in [0.05, 0.1) is 6.20 Å². The summed E-state index contributed by atoms with van der Waals surface area (Å²) < 4.78 is 0.330. The van der Waals surface area contributed by atoms with E-state index in [0.29, 0.717) is 10.3 Å². The molecule has 0 fully saturated rings. The minimum absolute atomic E-state index is 0. The maximum absolute atomic E-state index is 10.6. The van der Waals surface area contributed by atoms with Gasteiger partial charge in [0, 0.05) is 5.56 Å². The van der Waals surface area contributed by atoms with Crippen LogP contribution in [0.3, 0.4) is 0 Å². The quantitative estimate of drug-likeness (QED) is 0.440. The summed E-state index contributed by atoms with van der Waals surface area (Å²) in [6.45, 7) is 1.49. The van der Waals surface area contributed by atoms with E-state index in [4.69, 9.17) is 5.21 Å². The second-order valence-electron chi connectivity index (χ2n) is 1.92. The summed E-state index contributed by atoms with van der Waals surface area (Å²) >= 11 is 0. The maximum atomic E-state index is 10.6. The number of rotatable bonds is 0. The minimum atomic E-state index is -0.824. The van der Waals surface area contributed by atoms with Crippen LogP contribution >= 0.6 is 0 Å². The van der Waals surface area contributed by atoms with E-state index < -0.39 is 11.2 Å². The lowest BCUT2D eigenvalue weighted by Gasteiger charge is -1.93. The summed E-state index contributed by atoms with van der Waals surface area (Å²) in [5.41, 5.74) is -1.01. The first kappa shape index (κ1) is 9.44. The third-order valence-corrected chi connectivity index (χ3v) is 1.10. The molecule has 0 aliphatic carbocycles. The summed E-state index contributed by atoms with van der Waals surface area (Å²) in [6.07, 6.45) is 1.06. The Labute approximate surface area is 61.0 Å². The van der Waals surface area contributed by atoms with Crippen LogP contribution < -0.4 is 11.2 Å². The number of nitrogens with one attached hydrogen (secondary N) is 1. The van der Waals surface area contributed by atoms with Crippen LogP contribution in [0.15, 0.2) is 15.8 Å². The van der Waals surface area contributed by atoms with E-state index in [1.807, 2.05) is 4.98 Å². The van der Waals surface area contributed by atoms with Crippen molar-refractivity contribution in [2.45, 2.75) is 6.92 Å². The zero-order valence-corrected chi connectivity index (χ0v) is 5.79. The van der Waals surface area contributed by atoms with E-state index in [1.165, 1.54) is 6.92 Å². The third-order valence-electron chi connectivity index (χ3n) is 1.10. The van der Waals surface area contributed by atoms with E-state index in [9.17, 15) is 9.59 Å². The Morgan fingerprint density at radius 2 is 2.09 bits per heavy atom. The van der Waals surface area contributed by atoms with Crippen LogP contribution in [0.2, 0.25) is 0 Å². The summed E-state index contributed by atoms with van der Waals surface area (Å²) in [7, 11) is 0. The van der Waals surface area contributed by atoms with Gasteiger partial charge >= 0.3 is 5.69 Å². The number of H-pyrrole nitrogens is 1. The second kappa shape index (κ2) is 3.02. The van der Waals surface area contributed by atoms with Crippen molar-refractivity contribution in [1.82, 2.24) is 9.71 Å². The van der Waals surface area contributed by atoms with E-state index in [0.717, 1.165) is 6.20 Å². The molecule has 1 heterocycles. The van der Waals surface area contributed by atoms with Gasteiger partial charge in [0.15, 0.2) is 0 Å². The molecule has 11 heavy (non-hydrogen) atoms. The number of aromatic nitrogens is 2. The summed E-state index contributed by atoms with van der Waals surface area (Å²) in [5.74, 6) is 0. The molecule has 62 valence electrons. The highest BCUT2D eigenvalue weighted by molar-refractivity contribution is 4.99. The van der Waals surface area contributed by atoms with E-state index in [-0.39, 0.29) is 5.48 Å². The van der Waals surface area contributed by atoms with Crippen LogP contribution in [0, 0.1) is 6.92 Å². The minimum Gasteiger partial charge on any atom is -0.424 e. The lowest BCUT2D eigenvalue weighted by Crippen LogP contribution is -2.29. The van der Waals surface area contributed by atoms with Gasteiger partial charge in [-0.15, -0.1) is 4.73 Å². The van der Waals surface area contributed by atoms with Gasteiger partial charge in [-0.1, -0.05) is 0 Å². The van der Waals surface area contributed by atoms with Crippen LogP contribution in [0.5, 0.6) is 0 Å². The fourth-order valence-electron chi connectivity index (χ4n) is 0.554. The van der Waals surface area contributed by atoms with Crippen LogP contribution in [-0.4, -0.2) is 20.4 Å². The van der Waals surface area contributed by atoms with Crippen LogP contribution in [-0.2, 0) is 0 Å². The molecule has 0 radical (unpaired) electrons. The van der Waals surface area contributed by atoms with Gasteiger partial charge in [0.25, 0.3) is 5.56 Å². The number of hydrogen-bond donors (Lipinski definition) is 2. The Hall–Kier alpha value is -1.56. The van der Waals surface area contributed by atoms with Gasteiger partial charge in [-0.25, -0.2) is 4.79 Å². The smallest absolute Gasteiger partial charge is 0.361 e. The molecule has 0 aliphatic rings.